The van der Waals surface area contributed by atoms with Crippen LogP contribution in [-0.4, -0.2) is 29.3 Å². The Balaban J connectivity index is 1.73. The molecule has 0 fully saturated rings. The van der Waals surface area contributed by atoms with Crippen molar-refractivity contribution in [2.45, 2.75) is 38.3 Å². The SMILES string of the molecule is CCNC(=O)C(Cc1ccccc1)N(Cc1ccccc1Cl)C(=O)CC(c1ccccc1)c1ccccc1. The minimum Gasteiger partial charge on any atom is -0.355 e. The number of carbonyl (C=O) groups excluding carboxylic acids is 2. The lowest BCUT2D eigenvalue weighted by molar-refractivity contribution is -0.141. The Hall–Kier alpha value is -3.89. The van der Waals surface area contributed by atoms with E-state index in [1.54, 1.807) is 4.90 Å². The molecular formula is C33H33ClN2O2. The van der Waals surface area contributed by atoms with Crippen LogP contribution >= 0.6 is 11.6 Å². The summed E-state index contributed by atoms with van der Waals surface area (Å²) in [7, 11) is 0. The van der Waals surface area contributed by atoms with Crippen molar-refractivity contribution in [2.24, 2.45) is 0 Å². The normalized spacial score (nSPS) is 11.7. The molecule has 4 nitrogen and oxygen atoms in total. The van der Waals surface area contributed by atoms with E-state index in [1.807, 2.05) is 97.9 Å². The molecule has 4 aromatic rings. The molecule has 2 amide bonds. The second kappa shape index (κ2) is 13.6. The third kappa shape index (κ3) is 7.11. The van der Waals surface area contributed by atoms with Gasteiger partial charge in [-0.25, -0.2) is 0 Å². The molecule has 38 heavy (non-hydrogen) atoms. The number of nitrogens with zero attached hydrogens (tertiary/aromatic N) is 1. The second-order valence-electron chi connectivity index (χ2n) is 9.29. The molecule has 0 aliphatic heterocycles. The molecule has 1 unspecified atom stereocenters. The van der Waals surface area contributed by atoms with Gasteiger partial charge in [-0.05, 0) is 35.2 Å². The smallest absolute Gasteiger partial charge is 0.243 e. The number of likely N-dealkylation sites (N-methyl/N-ethyl adjacent to an activating group) is 1. The van der Waals surface area contributed by atoms with E-state index >= 15 is 0 Å². The topological polar surface area (TPSA) is 49.4 Å². The Bertz CT molecular complexity index is 1270. The van der Waals surface area contributed by atoms with Crippen molar-refractivity contribution in [3.8, 4) is 0 Å². The minimum absolute atomic E-state index is 0.102. The summed E-state index contributed by atoms with van der Waals surface area (Å²) >= 11 is 6.54. The maximum atomic E-state index is 14.3. The summed E-state index contributed by atoms with van der Waals surface area (Å²) in [4.78, 5) is 29.4. The van der Waals surface area contributed by atoms with Gasteiger partial charge in [-0.3, -0.25) is 9.59 Å². The van der Waals surface area contributed by atoms with Crippen LogP contribution in [0.4, 0.5) is 0 Å². The van der Waals surface area contributed by atoms with Gasteiger partial charge in [-0.1, -0.05) is 121 Å². The van der Waals surface area contributed by atoms with Crippen molar-refractivity contribution >= 4 is 23.4 Å². The maximum Gasteiger partial charge on any atom is 0.243 e. The van der Waals surface area contributed by atoms with E-state index in [1.165, 1.54) is 0 Å². The predicted molar refractivity (Wildman–Crippen MR) is 154 cm³/mol. The summed E-state index contributed by atoms with van der Waals surface area (Å²) in [5.74, 6) is -0.423. The largest absolute Gasteiger partial charge is 0.355 e. The molecule has 0 radical (unpaired) electrons. The van der Waals surface area contributed by atoms with E-state index < -0.39 is 6.04 Å². The first kappa shape index (κ1) is 27.2. The Morgan fingerprint density at radius 1 is 0.763 bits per heavy atom. The Morgan fingerprint density at radius 2 is 1.29 bits per heavy atom. The zero-order valence-corrected chi connectivity index (χ0v) is 22.4. The van der Waals surface area contributed by atoms with Crippen LogP contribution in [0.1, 0.15) is 41.5 Å². The van der Waals surface area contributed by atoms with Crippen molar-refractivity contribution in [3.05, 3.63) is 143 Å². The highest BCUT2D eigenvalue weighted by Gasteiger charge is 2.32. The second-order valence-corrected chi connectivity index (χ2v) is 9.70. The molecular weight excluding hydrogens is 492 g/mol. The lowest BCUT2D eigenvalue weighted by atomic mass is 9.87. The van der Waals surface area contributed by atoms with E-state index in [-0.39, 0.29) is 30.7 Å². The number of carbonyl (C=O) groups is 2. The monoisotopic (exact) mass is 524 g/mol. The number of hydrogen-bond donors (Lipinski definition) is 1. The van der Waals surface area contributed by atoms with Crippen molar-refractivity contribution in [1.29, 1.82) is 0 Å². The fourth-order valence-electron chi connectivity index (χ4n) is 4.75. The number of benzene rings is 4. The molecule has 0 saturated heterocycles. The van der Waals surface area contributed by atoms with E-state index in [0.717, 1.165) is 22.3 Å². The van der Waals surface area contributed by atoms with Gasteiger partial charge in [0.05, 0.1) is 0 Å². The number of nitrogens with one attached hydrogen (secondary N) is 1. The molecule has 0 aliphatic rings. The summed E-state index contributed by atoms with van der Waals surface area (Å²) in [5.41, 5.74) is 3.91. The van der Waals surface area contributed by atoms with Gasteiger partial charge in [0.1, 0.15) is 6.04 Å². The maximum absolute atomic E-state index is 14.3. The first-order valence-electron chi connectivity index (χ1n) is 13.0. The fourth-order valence-corrected chi connectivity index (χ4v) is 4.94. The summed E-state index contributed by atoms with van der Waals surface area (Å²) in [5, 5.41) is 3.52. The fraction of sp³-hybridized carbons (Fsp3) is 0.212. The van der Waals surface area contributed by atoms with E-state index in [2.05, 4.69) is 29.6 Å². The molecule has 1 atom stereocenters. The van der Waals surface area contributed by atoms with Gasteiger partial charge < -0.3 is 10.2 Å². The molecule has 0 aliphatic carbocycles. The number of amides is 2. The van der Waals surface area contributed by atoms with Crippen molar-refractivity contribution in [3.63, 3.8) is 0 Å². The minimum atomic E-state index is -0.687. The highest BCUT2D eigenvalue weighted by Crippen LogP contribution is 2.30. The van der Waals surface area contributed by atoms with E-state index in [0.29, 0.717) is 18.0 Å². The van der Waals surface area contributed by atoms with E-state index in [4.69, 9.17) is 11.6 Å². The molecule has 4 rings (SSSR count). The highest BCUT2D eigenvalue weighted by molar-refractivity contribution is 6.31. The van der Waals surface area contributed by atoms with Crippen LogP contribution in [0.2, 0.25) is 5.02 Å². The van der Waals surface area contributed by atoms with Gasteiger partial charge in [-0.15, -0.1) is 0 Å². The van der Waals surface area contributed by atoms with Crippen LogP contribution < -0.4 is 5.32 Å². The van der Waals surface area contributed by atoms with Crippen LogP contribution in [0.15, 0.2) is 115 Å². The average Bonchev–Trinajstić information content (AvgIpc) is 2.96. The summed E-state index contributed by atoms with van der Waals surface area (Å²) in [6.45, 7) is 2.61. The first-order chi connectivity index (χ1) is 18.6. The quantitative estimate of drug-likeness (QED) is 0.239. The summed E-state index contributed by atoms with van der Waals surface area (Å²) in [6, 6.07) is 36.7. The molecule has 4 aromatic carbocycles. The van der Waals surface area contributed by atoms with Crippen LogP contribution in [0, 0.1) is 0 Å². The molecule has 1 N–H and O–H groups in total. The van der Waals surface area contributed by atoms with Gasteiger partial charge in [0.2, 0.25) is 11.8 Å². The Kier molecular flexibility index (Phi) is 9.71. The van der Waals surface area contributed by atoms with Crippen molar-refractivity contribution in [1.82, 2.24) is 10.2 Å². The lowest BCUT2D eigenvalue weighted by Crippen LogP contribution is -2.50. The third-order valence-electron chi connectivity index (χ3n) is 6.70. The predicted octanol–water partition coefficient (Wildman–Crippen LogP) is 6.64. The van der Waals surface area contributed by atoms with E-state index in [9.17, 15) is 9.59 Å². The van der Waals surface area contributed by atoms with Crippen molar-refractivity contribution in [2.75, 3.05) is 6.54 Å². The zero-order chi connectivity index (χ0) is 26.7. The van der Waals surface area contributed by atoms with Crippen LogP contribution in [0.25, 0.3) is 0 Å². The molecule has 0 bridgehead atoms. The molecule has 0 saturated carbocycles. The van der Waals surface area contributed by atoms with Crippen LogP contribution in [-0.2, 0) is 22.6 Å². The van der Waals surface area contributed by atoms with Gasteiger partial charge in [0, 0.05) is 36.9 Å². The molecule has 194 valence electrons. The standard InChI is InChI=1S/C33H33ClN2O2/c1-2-35-33(38)31(22-25-14-6-3-7-15-25)36(24-28-20-12-13-21-30(28)34)32(37)23-29(26-16-8-4-9-17-26)27-18-10-5-11-19-27/h3-21,29,31H,2,22-24H2,1H3,(H,35,38). The van der Waals surface area contributed by atoms with Gasteiger partial charge in [0.25, 0.3) is 0 Å². The van der Waals surface area contributed by atoms with Gasteiger partial charge in [0.15, 0.2) is 0 Å². The lowest BCUT2D eigenvalue weighted by Gasteiger charge is -2.33. The number of rotatable bonds is 11. The average molecular weight is 525 g/mol. The van der Waals surface area contributed by atoms with Crippen LogP contribution in [0.5, 0.6) is 0 Å². The zero-order valence-electron chi connectivity index (χ0n) is 21.6. The molecule has 0 aromatic heterocycles. The number of halogens is 1. The van der Waals surface area contributed by atoms with Crippen molar-refractivity contribution < 1.29 is 9.59 Å². The molecule has 0 spiro atoms. The molecule has 0 heterocycles. The summed E-state index contributed by atoms with van der Waals surface area (Å²) in [6.07, 6.45) is 0.632. The van der Waals surface area contributed by atoms with Gasteiger partial charge >= 0.3 is 0 Å². The Labute approximate surface area is 230 Å². The third-order valence-corrected chi connectivity index (χ3v) is 7.07. The molecule has 5 heteroatoms. The summed E-state index contributed by atoms with van der Waals surface area (Å²) < 4.78 is 0. The Morgan fingerprint density at radius 3 is 1.84 bits per heavy atom. The van der Waals surface area contributed by atoms with Crippen LogP contribution in [0.3, 0.4) is 0 Å². The number of hydrogen-bond acceptors (Lipinski definition) is 2. The highest BCUT2D eigenvalue weighted by atomic mass is 35.5. The first-order valence-corrected chi connectivity index (χ1v) is 13.4. The van der Waals surface area contributed by atoms with Gasteiger partial charge in [-0.2, -0.15) is 0 Å².